The molecule has 6 nitrogen and oxygen atoms in total. The Balaban J connectivity index is 2.03. The van der Waals surface area contributed by atoms with E-state index in [0.29, 0.717) is 12.0 Å². The van der Waals surface area contributed by atoms with E-state index in [-0.39, 0.29) is 17.0 Å². The third kappa shape index (κ3) is 7.31. The zero-order valence-corrected chi connectivity index (χ0v) is 29.2. The summed E-state index contributed by atoms with van der Waals surface area (Å²) in [6, 6.07) is 7.96. The summed E-state index contributed by atoms with van der Waals surface area (Å²) in [5.41, 5.74) is 0.653. The molecule has 1 aliphatic rings. The number of hydrogen-bond donors (Lipinski definition) is 0. The maximum atomic E-state index is 14.1. The maximum absolute atomic E-state index is 14.1. The fraction of sp³-hybridized carbons (Fsp3) is 0.577. The quantitative estimate of drug-likeness (QED) is 0.0631. The summed E-state index contributed by atoms with van der Waals surface area (Å²) in [6.07, 6.45) is 0.649. The molecule has 3 atom stereocenters. The van der Waals surface area contributed by atoms with E-state index in [0.717, 1.165) is 14.6 Å². The van der Waals surface area contributed by atoms with Gasteiger partial charge in [-0.05, 0) is 67.3 Å². The lowest BCUT2D eigenvalue weighted by Gasteiger charge is -2.59. The van der Waals surface area contributed by atoms with Gasteiger partial charge in [-0.3, -0.25) is 9.69 Å². The number of thiazole rings is 1. The summed E-state index contributed by atoms with van der Waals surface area (Å²) in [6.45, 7) is 15.7. The summed E-state index contributed by atoms with van der Waals surface area (Å²) in [5.74, 6) is -1.37. The predicted octanol–water partition coefficient (Wildman–Crippen LogP) is 8.22. The molecule has 2 heterocycles. The van der Waals surface area contributed by atoms with Crippen LogP contribution in [0.15, 0.2) is 39.9 Å². The smallest absolute Gasteiger partial charge is 0.355 e. The number of fused-ring (bicyclic) bond motifs is 1. The van der Waals surface area contributed by atoms with E-state index >= 15 is 0 Å². The lowest BCUT2D eigenvalue weighted by Crippen LogP contribution is -2.71. The maximum Gasteiger partial charge on any atom is 0.355 e. The number of esters is 1. The number of rotatable bonds is 10. The van der Waals surface area contributed by atoms with Gasteiger partial charge in [-0.25, -0.2) is 9.78 Å². The third-order valence-corrected chi connectivity index (χ3v) is 11.8. The van der Waals surface area contributed by atoms with Crippen LogP contribution in [0, 0.1) is 11.3 Å². The first-order valence-electron chi connectivity index (χ1n) is 12.6. The summed E-state index contributed by atoms with van der Waals surface area (Å²) >= 11 is 19.1. The van der Waals surface area contributed by atoms with Crippen LogP contribution in [0.1, 0.15) is 48.0 Å². The van der Waals surface area contributed by atoms with Gasteiger partial charge in [0.2, 0.25) is 9.70 Å². The highest BCUT2D eigenvalue weighted by Crippen LogP contribution is 2.56. The Bertz CT molecular complexity index is 1210. The molecular weight excluding hydrogens is 635 g/mol. The van der Waals surface area contributed by atoms with E-state index in [1.54, 1.807) is 25.2 Å². The zero-order chi connectivity index (χ0) is 29.3. The van der Waals surface area contributed by atoms with Gasteiger partial charge in [0, 0.05) is 0 Å². The van der Waals surface area contributed by atoms with Crippen LogP contribution >= 0.6 is 67.7 Å². The Morgan fingerprint density at radius 1 is 1.18 bits per heavy atom. The van der Waals surface area contributed by atoms with Crippen LogP contribution in [0.3, 0.4) is 0 Å². The molecule has 1 amide bonds. The standard InChI is InChI=1S/C26H35Cl3N2O4S3Si/c1-9-25(24(4,5)6,35-39(7)8)18-20(32)31(19(15(2)3)22(33)34-14-26(27,28)29)21(18)37-38-23-30-16-12-10-11-13-17(16)36-23/h10-13,18,21,39H,9,14H2,1-8H3/t18-,21-,25?/m1/s1. The van der Waals surface area contributed by atoms with Gasteiger partial charge in [0.05, 0.1) is 21.7 Å². The highest BCUT2D eigenvalue weighted by atomic mass is 35.6. The Morgan fingerprint density at radius 3 is 2.33 bits per heavy atom. The van der Waals surface area contributed by atoms with Crippen LogP contribution in [0.2, 0.25) is 13.1 Å². The molecule has 1 aliphatic heterocycles. The minimum absolute atomic E-state index is 0.161. The molecule has 1 aromatic heterocycles. The number of aromatic nitrogens is 1. The molecule has 13 heteroatoms. The number of halogens is 3. The van der Waals surface area contributed by atoms with Gasteiger partial charge < -0.3 is 9.16 Å². The van der Waals surface area contributed by atoms with Crippen molar-refractivity contribution in [3.8, 4) is 0 Å². The fourth-order valence-electron chi connectivity index (χ4n) is 4.94. The number of ether oxygens (including phenoxy) is 1. The second kappa shape index (κ2) is 12.8. The molecule has 0 radical (unpaired) electrons. The molecule has 216 valence electrons. The molecular formula is C26H35Cl3N2O4S3Si. The number of allylic oxidation sites excluding steroid dienone is 1. The molecule has 2 aromatic rings. The summed E-state index contributed by atoms with van der Waals surface area (Å²) in [4.78, 5) is 33.6. The van der Waals surface area contributed by atoms with E-state index in [2.05, 4.69) is 40.8 Å². The first-order valence-corrected chi connectivity index (χ1v) is 19.6. The molecule has 0 spiro atoms. The van der Waals surface area contributed by atoms with E-state index in [4.69, 9.17) is 48.9 Å². The summed E-state index contributed by atoms with van der Waals surface area (Å²) < 4.78 is 12.3. The Kier molecular flexibility index (Phi) is 10.9. The highest BCUT2D eigenvalue weighted by molar-refractivity contribution is 8.77. The van der Waals surface area contributed by atoms with E-state index in [1.165, 1.54) is 26.5 Å². The van der Waals surface area contributed by atoms with Crippen LogP contribution in [0.25, 0.3) is 10.2 Å². The molecule has 0 N–H and O–H groups in total. The van der Waals surface area contributed by atoms with Crippen molar-refractivity contribution in [3.05, 3.63) is 35.5 Å². The average Bonchev–Trinajstić information content (AvgIpc) is 3.23. The minimum atomic E-state index is -1.76. The van der Waals surface area contributed by atoms with Crippen molar-refractivity contribution in [2.75, 3.05) is 6.61 Å². The van der Waals surface area contributed by atoms with Gasteiger partial charge in [-0.1, -0.05) is 85.4 Å². The first kappa shape index (κ1) is 33.0. The molecule has 1 fully saturated rings. The number of carbonyl (C=O) groups is 2. The molecule has 1 unspecified atom stereocenters. The van der Waals surface area contributed by atoms with Crippen molar-refractivity contribution < 1.29 is 18.8 Å². The zero-order valence-electron chi connectivity index (χ0n) is 23.3. The monoisotopic (exact) mass is 668 g/mol. The Hall–Kier alpha value is -0.463. The van der Waals surface area contributed by atoms with Crippen LogP contribution < -0.4 is 0 Å². The molecule has 0 aliphatic carbocycles. The summed E-state index contributed by atoms with van der Waals surface area (Å²) in [5, 5.41) is -0.411. The predicted molar refractivity (Wildman–Crippen MR) is 169 cm³/mol. The van der Waals surface area contributed by atoms with E-state index < -0.39 is 42.3 Å². The van der Waals surface area contributed by atoms with Crippen LogP contribution in [-0.2, 0) is 18.8 Å². The van der Waals surface area contributed by atoms with Gasteiger partial charge in [-0.15, -0.1) is 11.3 Å². The second-order valence-corrected chi connectivity index (χ2v) is 19.3. The molecule has 1 aromatic carbocycles. The minimum Gasteiger partial charge on any atom is -0.456 e. The number of β-lactam (4-membered cyclic amide) rings is 1. The van der Waals surface area contributed by atoms with Crippen molar-refractivity contribution in [1.29, 1.82) is 0 Å². The van der Waals surface area contributed by atoms with Gasteiger partial charge in [0.25, 0.3) is 0 Å². The average molecular weight is 670 g/mol. The van der Waals surface area contributed by atoms with Gasteiger partial charge >= 0.3 is 5.97 Å². The molecule has 3 rings (SSSR count). The normalized spacial score (nSPS) is 19.7. The number of likely N-dealkylation sites (tertiary alicyclic amines) is 1. The number of hydrogen-bond acceptors (Lipinski definition) is 8. The van der Waals surface area contributed by atoms with Gasteiger partial charge in [0.15, 0.2) is 13.4 Å². The molecule has 39 heavy (non-hydrogen) atoms. The molecule has 1 saturated heterocycles. The summed E-state index contributed by atoms with van der Waals surface area (Å²) in [7, 11) is 1.45. The lowest BCUT2D eigenvalue weighted by molar-refractivity contribution is -0.179. The fourth-order valence-corrected chi connectivity index (χ4v) is 10.7. The largest absolute Gasteiger partial charge is 0.456 e. The number of amides is 1. The van der Waals surface area contributed by atoms with E-state index in [1.807, 2.05) is 24.3 Å². The van der Waals surface area contributed by atoms with Crippen molar-refractivity contribution in [2.45, 2.75) is 80.2 Å². The van der Waals surface area contributed by atoms with Gasteiger partial charge in [-0.2, -0.15) is 0 Å². The Morgan fingerprint density at radius 2 is 1.82 bits per heavy atom. The van der Waals surface area contributed by atoms with E-state index in [9.17, 15) is 9.59 Å². The van der Waals surface area contributed by atoms with Crippen LogP contribution in [0.5, 0.6) is 0 Å². The number of para-hydroxylation sites is 1. The number of alkyl halides is 3. The van der Waals surface area contributed by atoms with Crippen molar-refractivity contribution >= 4 is 98.9 Å². The van der Waals surface area contributed by atoms with Crippen LogP contribution in [-0.4, -0.2) is 52.2 Å². The SMILES string of the molecule is CCC(O[SiH](C)C)([C@@H]1C(=O)N(C(C(=O)OCC(Cl)(Cl)Cl)=C(C)C)[C@@H]1SSc1nc2ccccc2s1)C(C)(C)C. The van der Waals surface area contributed by atoms with Crippen molar-refractivity contribution in [1.82, 2.24) is 9.88 Å². The second-order valence-electron chi connectivity index (χ2n) is 10.9. The van der Waals surface area contributed by atoms with Gasteiger partial charge in [0.1, 0.15) is 17.7 Å². The number of benzene rings is 1. The molecule has 0 saturated carbocycles. The highest BCUT2D eigenvalue weighted by Gasteiger charge is 2.64. The lowest BCUT2D eigenvalue weighted by atomic mass is 9.64. The number of nitrogens with zero attached hydrogens (tertiary/aromatic N) is 2. The number of carbonyl (C=O) groups excluding carboxylic acids is 2. The first-order chi connectivity index (χ1) is 18.0. The Labute approximate surface area is 259 Å². The van der Waals surface area contributed by atoms with Crippen LogP contribution in [0.4, 0.5) is 0 Å². The molecule has 0 bridgehead atoms. The topological polar surface area (TPSA) is 68.7 Å². The van der Waals surface area contributed by atoms with Crippen molar-refractivity contribution in [2.24, 2.45) is 11.3 Å². The van der Waals surface area contributed by atoms with Crippen molar-refractivity contribution in [3.63, 3.8) is 0 Å². The third-order valence-electron chi connectivity index (χ3n) is 6.55.